The van der Waals surface area contributed by atoms with E-state index in [0.717, 1.165) is 48.7 Å². The molecule has 156 valence electrons. The van der Waals surface area contributed by atoms with Crippen molar-refractivity contribution < 1.29 is 9.59 Å². The van der Waals surface area contributed by atoms with Crippen LogP contribution < -0.4 is 0 Å². The Kier molecular flexibility index (Phi) is 5.20. The molecule has 4 nitrogen and oxygen atoms in total. The summed E-state index contributed by atoms with van der Waals surface area (Å²) in [6.07, 6.45) is 4.85. The first-order valence-corrected chi connectivity index (χ1v) is 11.4. The highest BCUT2D eigenvalue weighted by atomic mass is 16.2. The van der Waals surface area contributed by atoms with Crippen molar-refractivity contribution in [3.63, 3.8) is 0 Å². The van der Waals surface area contributed by atoms with Gasteiger partial charge in [0, 0.05) is 36.3 Å². The molecule has 1 unspecified atom stereocenters. The molecule has 0 bridgehead atoms. The summed E-state index contributed by atoms with van der Waals surface area (Å²) in [5.74, 6) is 1.50. The summed E-state index contributed by atoms with van der Waals surface area (Å²) >= 11 is 0. The summed E-state index contributed by atoms with van der Waals surface area (Å²) in [5, 5.41) is 0. The number of benzene rings is 2. The molecule has 3 aliphatic rings. The number of ketones is 1. The Morgan fingerprint density at radius 3 is 2.47 bits per heavy atom. The Hall–Kier alpha value is -2.46. The van der Waals surface area contributed by atoms with Crippen LogP contribution in [0, 0.1) is 11.8 Å². The molecule has 4 heteroatoms. The van der Waals surface area contributed by atoms with Gasteiger partial charge in [-0.25, -0.2) is 0 Å². The van der Waals surface area contributed by atoms with Crippen LogP contribution in [0.25, 0.3) is 11.1 Å². The van der Waals surface area contributed by atoms with Crippen LogP contribution in [0.1, 0.15) is 58.9 Å². The van der Waals surface area contributed by atoms with Gasteiger partial charge in [0.1, 0.15) is 0 Å². The average Bonchev–Trinajstić information content (AvgIpc) is 3.07. The first kappa shape index (κ1) is 19.5. The van der Waals surface area contributed by atoms with Crippen LogP contribution in [-0.2, 0) is 0 Å². The monoisotopic (exact) mass is 402 g/mol. The van der Waals surface area contributed by atoms with Crippen LogP contribution in [0.4, 0.5) is 0 Å². The van der Waals surface area contributed by atoms with E-state index in [2.05, 4.69) is 11.8 Å². The maximum absolute atomic E-state index is 13.3. The number of fused-ring (bicyclic) bond motifs is 3. The summed E-state index contributed by atoms with van der Waals surface area (Å²) in [5.41, 5.74) is 3.97. The molecular weight excluding hydrogens is 372 g/mol. The van der Waals surface area contributed by atoms with E-state index >= 15 is 0 Å². The lowest BCUT2D eigenvalue weighted by Gasteiger charge is -2.38. The fourth-order valence-corrected chi connectivity index (χ4v) is 5.35. The third-order valence-electron chi connectivity index (χ3n) is 7.17. The van der Waals surface area contributed by atoms with Gasteiger partial charge in [0.05, 0.1) is 0 Å². The number of carbonyl (C=O) groups is 2. The third-order valence-corrected chi connectivity index (χ3v) is 7.17. The van der Waals surface area contributed by atoms with Gasteiger partial charge in [-0.2, -0.15) is 0 Å². The van der Waals surface area contributed by atoms with E-state index in [9.17, 15) is 9.59 Å². The zero-order valence-electron chi connectivity index (χ0n) is 17.8. The fourth-order valence-electron chi connectivity index (χ4n) is 5.35. The van der Waals surface area contributed by atoms with Gasteiger partial charge in [-0.05, 0) is 73.9 Å². The van der Waals surface area contributed by atoms with Gasteiger partial charge in [-0.15, -0.1) is 0 Å². The number of hydrogen-bond acceptors (Lipinski definition) is 3. The van der Waals surface area contributed by atoms with Gasteiger partial charge in [0.2, 0.25) is 0 Å². The molecule has 2 aromatic carbocycles. The summed E-state index contributed by atoms with van der Waals surface area (Å²) in [6, 6.07) is 13.4. The second-order valence-corrected chi connectivity index (χ2v) is 9.38. The standard InChI is InChI=1S/C26H30N2O2/c1-18-10-13-27(14-11-18)16-19-5-4-12-28(17-19)26(30)20-8-9-22-21-6-2-3-7-23(21)25(29)24(22)15-20/h2-3,6-9,15,18-19H,4-5,10-14,16-17H2,1H3. The van der Waals surface area contributed by atoms with Crippen LogP contribution in [0.2, 0.25) is 0 Å². The predicted molar refractivity (Wildman–Crippen MR) is 119 cm³/mol. The van der Waals surface area contributed by atoms with E-state index in [1.54, 1.807) is 0 Å². The van der Waals surface area contributed by atoms with Crippen molar-refractivity contribution in [2.75, 3.05) is 32.7 Å². The van der Waals surface area contributed by atoms with Gasteiger partial charge in [0.15, 0.2) is 5.78 Å². The Labute approximate surface area is 178 Å². The lowest BCUT2D eigenvalue weighted by Crippen LogP contribution is -2.45. The lowest BCUT2D eigenvalue weighted by atomic mass is 9.94. The summed E-state index contributed by atoms with van der Waals surface area (Å²) < 4.78 is 0. The van der Waals surface area contributed by atoms with Crippen molar-refractivity contribution in [2.45, 2.75) is 32.6 Å². The van der Waals surface area contributed by atoms with E-state index in [-0.39, 0.29) is 11.7 Å². The van der Waals surface area contributed by atoms with Gasteiger partial charge in [-0.1, -0.05) is 37.3 Å². The SMILES string of the molecule is CC1CCN(CC2CCCN(C(=O)c3ccc4c(c3)C(=O)c3ccccc3-4)C2)CC1. The smallest absolute Gasteiger partial charge is 0.253 e. The molecule has 0 aromatic heterocycles. The molecule has 2 aromatic rings. The average molecular weight is 403 g/mol. The number of nitrogens with zero attached hydrogens (tertiary/aromatic N) is 2. The summed E-state index contributed by atoms with van der Waals surface area (Å²) in [4.78, 5) is 30.7. The number of hydrogen-bond donors (Lipinski definition) is 0. The number of carbonyl (C=O) groups excluding carboxylic acids is 2. The fraction of sp³-hybridized carbons (Fsp3) is 0.462. The van der Waals surface area contributed by atoms with Crippen molar-refractivity contribution in [2.24, 2.45) is 11.8 Å². The summed E-state index contributed by atoms with van der Waals surface area (Å²) in [6.45, 7) is 7.48. The molecule has 2 heterocycles. The normalized spacial score (nSPS) is 22.1. The Balaban J connectivity index is 1.29. The molecule has 0 radical (unpaired) electrons. The predicted octanol–water partition coefficient (Wildman–Crippen LogP) is 4.48. The van der Waals surface area contributed by atoms with Crippen LogP contribution >= 0.6 is 0 Å². The lowest BCUT2D eigenvalue weighted by molar-refractivity contribution is 0.0622. The van der Waals surface area contributed by atoms with Gasteiger partial charge < -0.3 is 9.80 Å². The van der Waals surface area contributed by atoms with E-state index in [4.69, 9.17) is 0 Å². The topological polar surface area (TPSA) is 40.6 Å². The molecule has 30 heavy (non-hydrogen) atoms. The molecule has 0 saturated carbocycles. The van der Waals surface area contributed by atoms with Gasteiger partial charge in [0.25, 0.3) is 5.91 Å². The molecule has 2 saturated heterocycles. The van der Waals surface area contributed by atoms with Gasteiger partial charge in [-0.3, -0.25) is 9.59 Å². The van der Waals surface area contributed by atoms with Crippen molar-refractivity contribution in [1.82, 2.24) is 9.80 Å². The molecule has 2 fully saturated rings. The molecule has 1 amide bonds. The maximum Gasteiger partial charge on any atom is 0.253 e. The third kappa shape index (κ3) is 3.58. The molecular formula is C26H30N2O2. The highest BCUT2D eigenvalue weighted by Gasteiger charge is 2.30. The highest BCUT2D eigenvalue weighted by molar-refractivity contribution is 6.22. The molecule has 0 spiro atoms. The van der Waals surface area contributed by atoms with Crippen LogP contribution in [-0.4, -0.2) is 54.2 Å². The Morgan fingerprint density at radius 2 is 1.67 bits per heavy atom. The number of amides is 1. The maximum atomic E-state index is 13.3. The minimum absolute atomic E-state index is 0.0334. The zero-order valence-corrected chi connectivity index (χ0v) is 17.8. The van der Waals surface area contributed by atoms with E-state index in [1.807, 2.05) is 47.4 Å². The van der Waals surface area contributed by atoms with Crippen LogP contribution in [0.3, 0.4) is 0 Å². The van der Waals surface area contributed by atoms with Crippen LogP contribution in [0.15, 0.2) is 42.5 Å². The minimum atomic E-state index is 0.0334. The van der Waals surface area contributed by atoms with E-state index in [0.29, 0.717) is 17.0 Å². The second kappa shape index (κ2) is 7.99. The highest BCUT2D eigenvalue weighted by Crippen LogP contribution is 2.37. The van der Waals surface area contributed by atoms with Crippen molar-refractivity contribution in [3.8, 4) is 11.1 Å². The zero-order chi connectivity index (χ0) is 20.7. The molecule has 1 atom stereocenters. The molecule has 0 N–H and O–H groups in total. The van der Waals surface area contributed by atoms with Crippen molar-refractivity contribution in [1.29, 1.82) is 0 Å². The van der Waals surface area contributed by atoms with Crippen molar-refractivity contribution >= 4 is 11.7 Å². The van der Waals surface area contributed by atoms with E-state index < -0.39 is 0 Å². The van der Waals surface area contributed by atoms with Crippen molar-refractivity contribution in [3.05, 3.63) is 59.2 Å². The molecule has 2 aliphatic heterocycles. The Morgan fingerprint density at radius 1 is 0.933 bits per heavy atom. The first-order valence-electron chi connectivity index (χ1n) is 11.4. The van der Waals surface area contributed by atoms with Crippen LogP contribution in [0.5, 0.6) is 0 Å². The quantitative estimate of drug-likeness (QED) is 0.648. The number of piperidine rings is 2. The number of likely N-dealkylation sites (tertiary alicyclic amines) is 2. The second-order valence-electron chi connectivity index (χ2n) is 9.38. The first-order chi connectivity index (χ1) is 14.6. The number of rotatable bonds is 3. The Bertz CT molecular complexity index is 975. The van der Waals surface area contributed by atoms with Gasteiger partial charge >= 0.3 is 0 Å². The van der Waals surface area contributed by atoms with E-state index in [1.165, 1.54) is 32.4 Å². The summed E-state index contributed by atoms with van der Waals surface area (Å²) in [7, 11) is 0. The molecule has 1 aliphatic carbocycles. The largest absolute Gasteiger partial charge is 0.338 e. The minimum Gasteiger partial charge on any atom is -0.338 e. The molecule has 5 rings (SSSR count).